The lowest BCUT2D eigenvalue weighted by Gasteiger charge is -1.96. The summed E-state index contributed by atoms with van der Waals surface area (Å²) in [7, 11) is 4.83. The smallest absolute Gasteiger partial charge is 0.255 e. The maximum atomic E-state index is 10.8. The summed E-state index contributed by atoms with van der Waals surface area (Å²) in [6.07, 6.45) is 1.38. The molecule has 1 rings (SSSR count). The van der Waals surface area contributed by atoms with Crippen LogP contribution in [0.15, 0.2) is 23.1 Å². The maximum absolute atomic E-state index is 10.8. The lowest BCUT2D eigenvalue weighted by Crippen LogP contribution is -2.22. The second kappa shape index (κ2) is 6.05. The number of rotatable bonds is 1. The van der Waals surface area contributed by atoms with E-state index in [1.54, 1.807) is 0 Å². The minimum absolute atomic E-state index is 0.153. The van der Waals surface area contributed by atoms with E-state index in [4.69, 9.17) is 7.98 Å². The van der Waals surface area contributed by atoms with Crippen LogP contribution in [0, 0.1) is 0 Å². The standard InChI is InChI=1S/C6H5BN2O2.C2H6/c7-9-6(11)5-3-4(10)1-2-8-5;1-2/h1-3H,(H,8,10)(H,9,11);1-2H3. The fourth-order valence-electron chi connectivity index (χ4n) is 0.654. The van der Waals surface area contributed by atoms with Gasteiger partial charge >= 0.3 is 0 Å². The van der Waals surface area contributed by atoms with Crippen LogP contribution in [0.25, 0.3) is 0 Å². The van der Waals surface area contributed by atoms with Crippen LogP contribution in [0.3, 0.4) is 0 Å². The highest BCUT2D eigenvalue weighted by Gasteiger charge is 2.00. The number of aromatic nitrogens is 1. The quantitative estimate of drug-likeness (QED) is 0.604. The van der Waals surface area contributed by atoms with E-state index in [0.29, 0.717) is 0 Å². The van der Waals surface area contributed by atoms with Crippen molar-refractivity contribution in [2.45, 2.75) is 13.8 Å². The topological polar surface area (TPSA) is 62.0 Å². The third kappa shape index (κ3) is 3.60. The Morgan fingerprint density at radius 2 is 2.15 bits per heavy atom. The fourth-order valence-corrected chi connectivity index (χ4v) is 0.654. The molecule has 0 aliphatic rings. The number of carbonyl (C=O) groups is 1. The van der Waals surface area contributed by atoms with Crippen LogP contribution < -0.4 is 10.7 Å². The second-order valence-electron chi connectivity index (χ2n) is 1.91. The van der Waals surface area contributed by atoms with Crippen molar-refractivity contribution in [2.24, 2.45) is 0 Å². The third-order valence-corrected chi connectivity index (χ3v) is 1.15. The molecule has 0 saturated heterocycles. The molecule has 1 heterocycles. The molecule has 0 saturated carbocycles. The molecular formula is C8H11BN2O2. The number of amides is 1. The molecule has 1 amide bonds. The van der Waals surface area contributed by atoms with Crippen molar-refractivity contribution in [3.63, 3.8) is 0 Å². The molecule has 0 aliphatic carbocycles. The van der Waals surface area contributed by atoms with Gasteiger partial charge in [0.05, 0.1) is 0 Å². The predicted molar refractivity (Wildman–Crippen MR) is 51.6 cm³/mol. The van der Waals surface area contributed by atoms with Gasteiger partial charge in [0.1, 0.15) is 5.69 Å². The molecule has 13 heavy (non-hydrogen) atoms. The Kier molecular flexibility index (Phi) is 5.35. The monoisotopic (exact) mass is 178 g/mol. The Labute approximate surface area is 77.8 Å². The largest absolute Gasteiger partial charge is 0.404 e. The van der Waals surface area contributed by atoms with Crippen molar-refractivity contribution in [1.82, 2.24) is 10.2 Å². The number of carbonyl (C=O) groups excluding carboxylic acids is 1. The Morgan fingerprint density at radius 3 is 2.62 bits per heavy atom. The first-order chi connectivity index (χ1) is 6.24. The van der Waals surface area contributed by atoms with Crippen LogP contribution in [0.2, 0.25) is 0 Å². The van der Waals surface area contributed by atoms with E-state index in [0.717, 1.165) is 0 Å². The first kappa shape index (κ1) is 11.5. The van der Waals surface area contributed by atoms with Crippen LogP contribution in [-0.4, -0.2) is 18.9 Å². The van der Waals surface area contributed by atoms with Gasteiger partial charge in [-0.15, -0.1) is 0 Å². The van der Waals surface area contributed by atoms with E-state index in [2.05, 4.69) is 4.98 Å². The normalized spacial score (nSPS) is 8.15. The number of aromatic amines is 1. The molecule has 2 radical (unpaired) electrons. The Hall–Kier alpha value is -1.52. The minimum atomic E-state index is -0.511. The summed E-state index contributed by atoms with van der Waals surface area (Å²) in [6.45, 7) is 4.00. The molecule has 0 aliphatic heterocycles. The zero-order chi connectivity index (χ0) is 10.3. The molecule has 0 spiro atoms. The summed E-state index contributed by atoms with van der Waals surface area (Å²) >= 11 is 0. The summed E-state index contributed by atoms with van der Waals surface area (Å²) in [5.41, 5.74) is -0.0812. The van der Waals surface area contributed by atoms with Crippen LogP contribution in [-0.2, 0) is 0 Å². The molecule has 0 aromatic carbocycles. The average molecular weight is 178 g/mol. The number of H-pyrrole nitrogens is 1. The van der Waals surface area contributed by atoms with Crippen molar-refractivity contribution in [2.75, 3.05) is 0 Å². The summed E-state index contributed by atoms with van der Waals surface area (Å²) in [4.78, 5) is 24.0. The summed E-state index contributed by atoms with van der Waals surface area (Å²) in [5.74, 6) is -0.511. The van der Waals surface area contributed by atoms with E-state index in [9.17, 15) is 9.59 Å². The van der Waals surface area contributed by atoms with Gasteiger partial charge in [-0.1, -0.05) is 13.8 Å². The Morgan fingerprint density at radius 1 is 1.54 bits per heavy atom. The Bertz CT molecular complexity index is 322. The van der Waals surface area contributed by atoms with E-state index in [-0.39, 0.29) is 11.1 Å². The SMILES string of the molecule is CC.[B]NC(=O)c1cc(=O)cc[nH]1. The van der Waals surface area contributed by atoms with Crippen molar-refractivity contribution in [3.05, 3.63) is 34.2 Å². The van der Waals surface area contributed by atoms with E-state index in [1.807, 2.05) is 19.1 Å². The molecule has 5 heteroatoms. The first-order valence-corrected chi connectivity index (χ1v) is 3.93. The first-order valence-electron chi connectivity index (χ1n) is 3.93. The predicted octanol–water partition coefficient (Wildman–Crippen LogP) is 0.214. The molecule has 0 bridgehead atoms. The van der Waals surface area contributed by atoms with E-state index >= 15 is 0 Å². The third-order valence-electron chi connectivity index (χ3n) is 1.15. The van der Waals surface area contributed by atoms with E-state index in [1.165, 1.54) is 18.3 Å². The zero-order valence-electron chi connectivity index (χ0n) is 7.63. The van der Waals surface area contributed by atoms with Crippen molar-refractivity contribution in [3.8, 4) is 0 Å². The number of hydrogen-bond donors (Lipinski definition) is 2. The van der Waals surface area contributed by atoms with Crippen molar-refractivity contribution in [1.29, 1.82) is 0 Å². The molecule has 0 atom stereocenters. The molecule has 2 N–H and O–H groups in total. The highest BCUT2D eigenvalue weighted by Crippen LogP contribution is 1.86. The molecule has 1 aromatic heterocycles. The summed E-state index contributed by atoms with van der Waals surface area (Å²) < 4.78 is 0. The van der Waals surface area contributed by atoms with Gasteiger partial charge in [0.15, 0.2) is 5.43 Å². The fraction of sp³-hybridized carbons (Fsp3) is 0.250. The summed E-state index contributed by atoms with van der Waals surface area (Å²) in [5, 5.41) is 1.90. The molecule has 0 fully saturated rings. The minimum Gasteiger partial charge on any atom is -0.404 e. The molecular weight excluding hydrogens is 167 g/mol. The van der Waals surface area contributed by atoms with E-state index < -0.39 is 5.91 Å². The average Bonchev–Trinajstić information content (AvgIpc) is 2.20. The van der Waals surface area contributed by atoms with Gasteiger partial charge in [0, 0.05) is 18.3 Å². The zero-order valence-corrected chi connectivity index (χ0v) is 7.63. The lowest BCUT2D eigenvalue weighted by atomic mass is 10.3. The van der Waals surface area contributed by atoms with Crippen LogP contribution in [0.4, 0.5) is 0 Å². The van der Waals surface area contributed by atoms with Gasteiger partial charge < -0.3 is 10.2 Å². The maximum Gasteiger partial charge on any atom is 0.255 e. The summed E-state index contributed by atoms with van der Waals surface area (Å²) in [6, 6.07) is 2.48. The molecule has 0 unspecified atom stereocenters. The van der Waals surface area contributed by atoms with Gasteiger partial charge in [0.25, 0.3) is 5.91 Å². The van der Waals surface area contributed by atoms with Gasteiger partial charge in [-0.05, 0) is 0 Å². The highest BCUT2D eigenvalue weighted by molar-refractivity contribution is 6.17. The lowest BCUT2D eigenvalue weighted by molar-refractivity contribution is 0.0976. The highest BCUT2D eigenvalue weighted by atomic mass is 16.1. The van der Waals surface area contributed by atoms with Crippen LogP contribution in [0.1, 0.15) is 24.3 Å². The number of nitrogens with one attached hydrogen (secondary N) is 2. The molecule has 1 aromatic rings. The number of pyridine rings is 1. The van der Waals surface area contributed by atoms with Crippen molar-refractivity contribution < 1.29 is 4.79 Å². The second-order valence-corrected chi connectivity index (χ2v) is 1.91. The number of hydrogen-bond acceptors (Lipinski definition) is 2. The van der Waals surface area contributed by atoms with Crippen LogP contribution >= 0.6 is 0 Å². The Balaban J connectivity index is 0.000000671. The van der Waals surface area contributed by atoms with Crippen LogP contribution in [0.5, 0.6) is 0 Å². The molecule has 4 nitrogen and oxygen atoms in total. The molecule has 68 valence electrons. The van der Waals surface area contributed by atoms with Gasteiger partial charge in [-0.3, -0.25) is 9.59 Å². The van der Waals surface area contributed by atoms with Gasteiger partial charge in [-0.2, -0.15) is 0 Å². The van der Waals surface area contributed by atoms with Gasteiger partial charge in [-0.25, -0.2) is 0 Å². The van der Waals surface area contributed by atoms with Gasteiger partial charge in [0.2, 0.25) is 7.98 Å². The van der Waals surface area contributed by atoms with Crippen molar-refractivity contribution >= 4 is 13.9 Å².